The van der Waals surface area contributed by atoms with Crippen molar-refractivity contribution < 1.29 is 47.3 Å². The minimum absolute atomic E-state index is 0.0261. The minimum atomic E-state index is -2.33. The number of likely N-dealkylation sites (N-methyl/N-ethyl adjacent to an activating group) is 1. The fraction of sp³-hybridized carbons (Fsp3) is 0.692. The van der Waals surface area contributed by atoms with Gasteiger partial charge in [0.25, 0.3) is 8.32 Å². The molecule has 1 aromatic rings. The van der Waals surface area contributed by atoms with E-state index in [9.17, 15) is 19.2 Å². The topological polar surface area (TPSA) is 151 Å². The quantitative estimate of drug-likeness (QED) is 0.158. The Morgan fingerprint density at radius 3 is 2.06 bits per heavy atom. The molecular weight excluding hydrogens is 699 g/mol. The third kappa shape index (κ3) is 8.03. The van der Waals surface area contributed by atoms with E-state index in [1.165, 1.54) is 0 Å². The summed E-state index contributed by atoms with van der Waals surface area (Å²) in [5, 5.41) is 5.19. The van der Waals surface area contributed by atoms with Crippen LogP contribution in [0.1, 0.15) is 99.1 Å². The van der Waals surface area contributed by atoms with Crippen LogP contribution in [0, 0.1) is 0 Å². The highest BCUT2D eigenvalue weighted by atomic mass is 28.4. The number of ether oxygens (including phenoxy) is 5. The van der Waals surface area contributed by atoms with Gasteiger partial charge in [-0.25, -0.2) is 9.59 Å². The van der Waals surface area contributed by atoms with Crippen molar-refractivity contribution in [3.05, 3.63) is 35.1 Å². The molecule has 0 aromatic heterocycles. The highest BCUT2D eigenvalue weighted by Gasteiger charge is 2.74. The van der Waals surface area contributed by atoms with Gasteiger partial charge in [-0.05, 0) is 104 Å². The average Bonchev–Trinajstić information content (AvgIpc) is 3.35. The lowest BCUT2D eigenvalue weighted by molar-refractivity contribution is -0.206. The van der Waals surface area contributed by atoms with Crippen molar-refractivity contribution in [1.29, 1.82) is 0 Å². The second kappa shape index (κ2) is 14.1. The Hall–Kier alpha value is -3.78. The van der Waals surface area contributed by atoms with Gasteiger partial charge < -0.3 is 38.7 Å². The van der Waals surface area contributed by atoms with Gasteiger partial charge in [-0.3, -0.25) is 14.5 Å². The van der Waals surface area contributed by atoms with Crippen molar-refractivity contribution in [1.82, 2.24) is 15.5 Å². The van der Waals surface area contributed by atoms with Crippen LogP contribution in [0.15, 0.2) is 24.0 Å². The van der Waals surface area contributed by atoms with E-state index < -0.39 is 60.8 Å². The molecule has 1 spiro atoms. The third-order valence-electron chi connectivity index (χ3n) is 11.0. The fourth-order valence-electron chi connectivity index (χ4n) is 7.70. The fourth-order valence-corrected chi connectivity index (χ4v) is 8.72. The number of carbonyl (C=O) groups excluding carboxylic acids is 4. The van der Waals surface area contributed by atoms with E-state index in [-0.39, 0.29) is 43.4 Å². The Labute approximate surface area is 314 Å². The van der Waals surface area contributed by atoms with E-state index in [2.05, 4.69) is 55.5 Å². The summed E-state index contributed by atoms with van der Waals surface area (Å²) in [6.45, 7) is 22.3. The van der Waals surface area contributed by atoms with Crippen LogP contribution < -0.4 is 19.8 Å². The number of carbonyl (C=O) groups is 4. The number of alkyl carbamates (subject to hydrolysis) is 2. The molecular formula is C39H59N3O10Si. The first kappa shape index (κ1) is 40.4. The molecule has 2 heterocycles. The third-order valence-corrected chi connectivity index (χ3v) is 15.3. The molecule has 0 radical (unpaired) electrons. The summed E-state index contributed by atoms with van der Waals surface area (Å²) >= 11 is 0. The standard InChI is InChI=1S/C39H59N3O10Si/c1-35(2,3)50-33(45)40-20-16-28(43)47-26-15-18-39(49-29(44)17-21-41-34(46)51-36(4,5)6)27-23-24-13-14-25(52-53(11,12)37(7,8)9)31-30(24)38(39,32(26)48-31)19-22-42(27)10/h13-15,27,32H,16-23H2,1-12H3,(H,40,45)(H,41,46)/t27-,32-,38-,39+/m0/s1. The molecule has 2 bridgehead atoms. The lowest BCUT2D eigenvalue weighted by Gasteiger charge is -2.62. The molecule has 4 aliphatic rings. The molecule has 0 saturated carbocycles. The Morgan fingerprint density at radius 1 is 0.906 bits per heavy atom. The Morgan fingerprint density at radius 2 is 1.49 bits per heavy atom. The van der Waals surface area contributed by atoms with Crippen LogP contribution in [0.2, 0.25) is 18.1 Å². The molecule has 5 rings (SSSR count). The molecule has 14 heteroatoms. The van der Waals surface area contributed by atoms with E-state index in [0.29, 0.717) is 36.6 Å². The maximum Gasteiger partial charge on any atom is 0.407 e. The van der Waals surface area contributed by atoms with Crippen LogP contribution in [-0.2, 0) is 40.4 Å². The van der Waals surface area contributed by atoms with E-state index in [0.717, 1.165) is 11.1 Å². The van der Waals surface area contributed by atoms with Crippen LogP contribution in [-0.4, -0.2) is 93.0 Å². The number of benzene rings is 1. The van der Waals surface area contributed by atoms with Gasteiger partial charge in [0.15, 0.2) is 11.9 Å². The van der Waals surface area contributed by atoms with E-state index in [4.69, 9.17) is 28.1 Å². The molecule has 294 valence electrons. The lowest BCUT2D eigenvalue weighted by atomic mass is 9.50. The highest BCUT2D eigenvalue weighted by Crippen LogP contribution is 2.67. The molecule has 13 nitrogen and oxygen atoms in total. The maximum absolute atomic E-state index is 13.8. The van der Waals surface area contributed by atoms with Crippen molar-refractivity contribution >= 4 is 32.4 Å². The van der Waals surface area contributed by atoms with Gasteiger partial charge in [0.1, 0.15) is 28.3 Å². The van der Waals surface area contributed by atoms with Crippen LogP contribution in [0.5, 0.6) is 11.5 Å². The predicted molar refractivity (Wildman–Crippen MR) is 200 cm³/mol. The molecule has 1 aromatic carbocycles. The minimum Gasteiger partial charge on any atom is -0.541 e. The first-order valence-electron chi connectivity index (χ1n) is 18.7. The molecule has 1 saturated heterocycles. The van der Waals surface area contributed by atoms with Crippen LogP contribution in [0.4, 0.5) is 9.59 Å². The highest BCUT2D eigenvalue weighted by molar-refractivity contribution is 6.74. The zero-order valence-electron chi connectivity index (χ0n) is 33.6. The van der Waals surface area contributed by atoms with Crippen molar-refractivity contribution in [3.63, 3.8) is 0 Å². The summed E-state index contributed by atoms with van der Waals surface area (Å²) in [5.41, 5.74) is -1.30. The second-order valence-electron chi connectivity index (χ2n) is 18.2. The van der Waals surface area contributed by atoms with Gasteiger partial charge >= 0.3 is 24.1 Å². The van der Waals surface area contributed by atoms with Gasteiger partial charge in [-0.2, -0.15) is 0 Å². The van der Waals surface area contributed by atoms with Gasteiger partial charge in [-0.1, -0.05) is 26.8 Å². The Bertz CT molecular complexity index is 1660. The number of rotatable bonds is 10. The summed E-state index contributed by atoms with van der Waals surface area (Å²) in [6, 6.07) is 3.88. The average molecular weight is 758 g/mol. The lowest BCUT2D eigenvalue weighted by Crippen LogP contribution is -2.75. The predicted octanol–water partition coefficient (Wildman–Crippen LogP) is 6.27. The molecule has 2 aliphatic heterocycles. The summed E-state index contributed by atoms with van der Waals surface area (Å²) in [5.74, 6) is 0.566. The van der Waals surface area contributed by atoms with Gasteiger partial charge in [0.05, 0.1) is 24.3 Å². The normalized spacial score (nSPS) is 24.9. The van der Waals surface area contributed by atoms with E-state index in [1.54, 1.807) is 41.5 Å². The maximum atomic E-state index is 13.8. The Balaban J connectivity index is 1.49. The van der Waals surface area contributed by atoms with Gasteiger partial charge in [0.2, 0.25) is 0 Å². The first-order chi connectivity index (χ1) is 24.4. The largest absolute Gasteiger partial charge is 0.541 e. The zero-order chi connectivity index (χ0) is 39.4. The first-order valence-corrected chi connectivity index (χ1v) is 21.6. The Kier molecular flexibility index (Phi) is 10.8. The molecule has 0 unspecified atom stereocenters. The number of piperidine rings is 1. The second-order valence-corrected chi connectivity index (χ2v) is 22.9. The number of hydrogen-bond donors (Lipinski definition) is 2. The summed E-state index contributed by atoms with van der Waals surface area (Å²) in [6.07, 6.45) is 1.08. The number of esters is 2. The molecule has 53 heavy (non-hydrogen) atoms. The van der Waals surface area contributed by atoms with E-state index >= 15 is 0 Å². The van der Waals surface area contributed by atoms with Gasteiger partial charge in [0, 0.05) is 25.1 Å². The smallest absolute Gasteiger partial charge is 0.407 e. The molecule has 4 atom stereocenters. The molecule has 2 N–H and O–H groups in total. The van der Waals surface area contributed by atoms with Crippen molar-refractivity contribution in [2.24, 2.45) is 0 Å². The molecule has 1 fully saturated rings. The summed E-state index contributed by atoms with van der Waals surface area (Å²) in [4.78, 5) is 53.9. The van der Waals surface area contributed by atoms with Crippen LogP contribution in [0.25, 0.3) is 0 Å². The monoisotopic (exact) mass is 757 g/mol. The molecule has 2 amide bonds. The number of hydrogen-bond acceptors (Lipinski definition) is 11. The zero-order valence-corrected chi connectivity index (χ0v) is 34.6. The summed E-state index contributed by atoms with van der Waals surface area (Å²) in [7, 11) is -0.287. The van der Waals surface area contributed by atoms with Crippen molar-refractivity contribution in [3.8, 4) is 11.5 Å². The number of amides is 2. The van der Waals surface area contributed by atoms with Crippen LogP contribution in [0.3, 0.4) is 0 Å². The van der Waals surface area contributed by atoms with Gasteiger partial charge in [-0.15, -0.1) is 0 Å². The number of likely N-dealkylation sites (tertiary alicyclic amines) is 1. The van der Waals surface area contributed by atoms with Crippen molar-refractivity contribution in [2.75, 3.05) is 26.7 Å². The summed E-state index contributed by atoms with van der Waals surface area (Å²) < 4.78 is 37.3. The van der Waals surface area contributed by atoms with E-state index in [1.807, 2.05) is 19.2 Å². The molecule has 2 aliphatic carbocycles. The SMILES string of the molecule is CN1CC[C@]23c4c5ccc(O[Si](C)(C)C(C)(C)C)c4O[C@H]2C(OC(=O)CCNC(=O)OC(C)(C)C)=CC[C@@]3(OC(=O)CCNC(=O)OC(C)(C)C)[C@@H]1C5. The van der Waals surface area contributed by atoms with Crippen molar-refractivity contribution in [2.45, 2.75) is 147 Å². The van der Waals surface area contributed by atoms with Crippen LogP contribution >= 0.6 is 0 Å². The number of nitrogens with one attached hydrogen (secondary N) is 2. The number of nitrogens with zero attached hydrogens (tertiary/aromatic N) is 1.